The van der Waals surface area contributed by atoms with Gasteiger partial charge in [-0.05, 0) is 83.3 Å². The molecule has 6 nitrogen and oxygen atoms in total. The Morgan fingerprint density at radius 2 is 1.66 bits per heavy atom. The van der Waals surface area contributed by atoms with Gasteiger partial charge in [-0.3, -0.25) is 9.59 Å². The smallest absolute Gasteiger partial charge is 0.242 e. The number of fused-ring (bicyclic) bond motifs is 2. The Labute approximate surface area is 207 Å². The first-order valence-electron chi connectivity index (χ1n) is 12.3. The highest BCUT2D eigenvalue weighted by Crippen LogP contribution is 2.41. The second kappa shape index (κ2) is 10.3. The molecule has 0 aromatic heterocycles. The summed E-state index contributed by atoms with van der Waals surface area (Å²) in [5.41, 5.74) is 0.0287. The van der Waals surface area contributed by atoms with Gasteiger partial charge in [-0.15, -0.1) is 4.72 Å². The van der Waals surface area contributed by atoms with Crippen molar-refractivity contribution in [1.29, 1.82) is 0 Å². The van der Waals surface area contributed by atoms with Crippen LogP contribution in [0.1, 0.15) is 64.9 Å². The molecule has 4 rings (SSSR count). The number of piperidine rings is 1. The van der Waals surface area contributed by atoms with Crippen molar-refractivity contribution in [3.8, 4) is 0 Å². The topological polar surface area (TPSA) is 84.5 Å². The summed E-state index contributed by atoms with van der Waals surface area (Å²) in [6.07, 6.45) is 4.72. The Bertz CT molecular complexity index is 955. The molecule has 3 aliphatic rings. The van der Waals surface area contributed by atoms with Crippen LogP contribution in [0.5, 0.6) is 0 Å². The van der Waals surface area contributed by atoms with E-state index >= 15 is 0 Å². The maximum absolute atomic E-state index is 14.5. The molecular weight excluding hydrogens is 479 g/mol. The fraction of sp³-hybridized carbons (Fsp3) is 0.680. The zero-order chi connectivity index (χ0) is 25.5. The summed E-state index contributed by atoms with van der Waals surface area (Å²) in [5.74, 6) is -3.35. The Kier molecular flexibility index (Phi) is 7.74. The van der Waals surface area contributed by atoms with Gasteiger partial charge in [0.05, 0.1) is 12.6 Å². The Morgan fingerprint density at radius 3 is 2.23 bits per heavy atom. The molecule has 2 aliphatic heterocycles. The fourth-order valence-corrected chi connectivity index (χ4v) is 6.18. The van der Waals surface area contributed by atoms with Gasteiger partial charge in [-0.2, -0.15) is 0 Å². The zero-order valence-electron chi connectivity index (χ0n) is 20.4. The largest absolute Gasteiger partial charge is 0.598 e. The number of hydrogen-bond donors (Lipinski definition) is 2. The molecule has 2 heterocycles. The molecule has 2 saturated heterocycles. The van der Waals surface area contributed by atoms with Crippen molar-refractivity contribution in [2.45, 2.75) is 88.6 Å². The number of carbonyl (C=O) groups excluding carboxylic acids is 2. The van der Waals surface area contributed by atoms with Gasteiger partial charge in [-0.25, -0.2) is 13.2 Å². The monoisotopic (exact) mass is 513 g/mol. The van der Waals surface area contributed by atoms with Gasteiger partial charge in [0.25, 0.3) is 0 Å². The van der Waals surface area contributed by atoms with Crippen LogP contribution >= 0.6 is 0 Å². The van der Waals surface area contributed by atoms with Gasteiger partial charge >= 0.3 is 0 Å². The van der Waals surface area contributed by atoms with E-state index in [0.29, 0.717) is 18.9 Å². The Balaban J connectivity index is 1.47. The van der Waals surface area contributed by atoms with Crippen molar-refractivity contribution in [2.75, 3.05) is 6.54 Å². The van der Waals surface area contributed by atoms with E-state index in [9.17, 15) is 27.3 Å². The van der Waals surface area contributed by atoms with E-state index in [1.54, 1.807) is 0 Å². The first-order valence-corrected chi connectivity index (χ1v) is 13.5. The summed E-state index contributed by atoms with van der Waals surface area (Å²) >= 11 is -1.45. The molecule has 35 heavy (non-hydrogen) atoms. The van der Waals surface area contributed by atoms with E-state index in [2.05, 4.69) is 10.0 Å². The van der Waals surface area contributed by atoms with Gasteiger partial charge in [0, 0.05) is 35.4 Å². The highest BCUT2D eigenvalue weighted by molar-refractivity contribution is 7.90. The number of nitrogens with zero attached hydrogens (tertiary/aromatic N) is 1. The minimum atomic E-state index is -1.45. The number of hydrogen-bond acceptors (Lipinski definition) is 4. The molecular formula is C25H34F3N3O3S. The number of nitrogens with one attached hydrogen (secondary N) is 2. The Hall–Kier alpha value is -1.78. The van der Waals surface area contributed by atoms with Crippen molar-refractivity contribution in [2.24, 2.45) is 11.8 Å². The van der Waals surface area contributed by atoms with E-state index in [0.717, 1.165) is 31.7 Å². The minimum Gasteiger partial charge on any atom is -0.598 e. The van der Waals surface area contributed by atoms with Crippen LogP contribution in [0.25, 0.3) is 0 Å². The van der Waals surface area contributed by atoms with E-state index in [1.807, 2.05) is 25.7 Å². The third kappa shape index (κ3) is 6.14. The summed E-state index contributed by atoms with van der Waals surface area (Å²) in [6.45, 7) is 5.47. The van der Waals surface area contributed by atoms with Crippen molar-refractivity contribution >= 4 is 23.2 Å². The average Bonchev–Trinajstić information content (AvgIpc) is 3.59. The average molecular weight is 514 g/mol. The second-order valence-corrected chi connectivity index (χ2v) is 13.1. The Morgan fingerprint density at radius 1 is 1.06 bits per heavy atom. The molecule has 0 spiro atoms. The summed E-state index contributed by atoms with van der Waals surface area (Å²) < 4.78 is 57.3. The van der Waals surface area contributed by atoms with Crippen LogP contribution in [0, 0.1) is 29.3 Å². The van der Waals surface area contributed by atoms with E-state index in [1.165, 1.54) is 0 Å². The summed E-state index contributed by atoms with van der Waals surface area (Å²) in [4.78, 5) is 26.7. The van der Waals surface area contributed by atoms with Gasteiger partial charge in [-0.1, -0.05) is 0 Å². The lowest BCUT2D eigenvalue weighted by atomic mass is 9.82. The highest BCUT2D eigenvalue weighted by atomic mass is 32.2. The van der Waals surface area contributed by atoms with Gasteiger partial charge in [0.1, 0.15) is 10.6 Å². The van der Waals surface area contributed by atoms with E-state index in [-0.39, 0.29) is 54.3 Å². The standard InChI is InChI=1S/C25H34F3N3O3S/c1-25(2,3)35(34)30-22(11-15-10-20(27)21(28)12-19(15)26)16-8-17-6-7-18(9-16)31(17)23(32)13-29-24(33)14-4-5-14/h10,12,14,16-18,22,30H,4-9,11,13H2,1-3H3,(H,29,33)/t16?,17-,18+,22-,35?/m1/s1. The zero-order valence-corrected chi connectivity index (χ0v) is 21.2. The number of carbonyl (C=O) groups is 2. The highest BCUT2D eigenvalue weighted by Gasteiger charge is 2.46. The summed E-state index contributed by atoms with van der Waals surface area (Å²) in [7, 11) is 0. The molecule has 1 aliphatic carbocycles. The van der Waals surface area contributed by atoms with Crippen LogP contribution in [0.4, 0.5) is 13.2 Å². The van der Waals surface area contributed by atoms with Gasteiger partial charge in [0.15, 0.2) is 11.6 Å². The molecule has 2 unspecified atom stereocenters. The molecule has 1 saturated carbocycles. The normalized spacial score (nSPS) is 25.9. The summed E-state index contributed by atoms with van der Waals surface area (Å²) in [5, 5.41) is 2.75. The third-order valence-corrected chi connectivity index (χ3v) is 8.96. The molecule has 2 bridgehead atoms. The molecule has 2 amide bonds. The fourth-order valence-electron chi connectivity index (χ4n) is 5.27. The van der Waals surface area contributed by atoms with Crippen LogP contribution in [-0.4, -0.2) is 50.7 Å². The maximum Gasteiger partial charge on any atom is 0.242 e. The van der Waals surface area contributed by atoms with Gasteiger partial charge in [0.2, 0.25) is 11.8 Å². The van der Waals surface area contributed by atoms with Crippen molar-refractivity contribution in [3.63, 3.8) is 0 Å². The molecule has 10 heteroatoms. The summed E-state index contributed by atoms with van der Waals surface area (Å²) in [6, 6.07) is 0.931. The van der Waals surface area contributed by atoms with Crippen LogP contribution in [0.15, 0.2) is 12.1 Å². The van der Waals surface area contributed by atoms with E-state index < -0.39 is 39.6 Å². The van der Waals surface area contributed by atoms with Crippen molar-refractivity contribution in [3.05, 3.63) is 35.1 Å². The van der Waals surface area contributed by atoms with Crippen LogP contribution in [-0.2, 0) is 27.4 Å². The van der Waals surface area contributed by atoms with Gasteiger partial charge < -0.3 is 14.8 Å². The minimum absolute atomic E-state index is 0.0111. The molecule has 194 valence electrons. The number of rotatable bonds is 8. The lowest BCUT2D eigenvalue weighted by molar-refractivity contribution is -0.137. The molecule has 3 fully saturated rings. The molecule has 5 atom stereocenters. The van der Waals surface area contributed by atoms with Crippen LogP contribution in [0.3, 0.4) is 0 Å². The number of amides is 2. The molecule has 1 aromatic rings. The van der Waals surface area contributed by atoms with Crippen LogP contribution < -0.4 is 10.0 Å². The van der Waals surface area contributed by atoms with E-state index in [4.69, 9.17) is 0 Å². The number of halogens is 3. The lowest BCUT2D eigenvalue weighted by Gasteiger charge is -2.42. The lowest BCUT2D eigenvalue weighted by Crippen LogP contribution is -2.55. The number of benzene rings is 1. The third-order valence-electron chi connectivity index (χ3n) is 7.33. The predicted octanol–water partition coefficient (Wildman–Crippen LogP) is 3.36. The quantitative estimate of drug-likeness (QED) is 0.413. The second-order valence-electron chi connectivity index (χ2n) is 11.1. The first-order chi connectivity index (χ1) is 16.4. The maximum atomic E-state index is 14.5. The van der Waals surface area contributed by atoms with Crippen molar-refractivity contribution in [1.82, 2.24) is 14.9 Å². The molecule has 0 radical (unpaired) electrons. The molecule has 2 N–H and O–H groups in total. The first kappa shape index (κ1) is 26.3. The predicted molar refractivity (Wildman–Crippen MR) is 127 cm³/mol. The van der Waals surface area contributed by atoms with Crippen molar-refractivity contribution < 1.29 is 27.3 Å². The SMILES string of the molecule is CC(C)(C)[S+]([O-])N[C@H](Cc1cc(F)c(F)cc1F)C1C[C@H]2CC[C@@H](C1)N2C(=O)CNC(=O)C1CC1. The molecule has 1 aromatic carbocycles. The van der Waals surface area contributed by atoms with Crippen LogP contribution in [0.2, 0.25) is 0 Å².